The van der Waals surface area contributed by atoms with Crippen molar-refractivity contribution in [2.24, 2.45) is 0 Å². The van der Waals surface area contributed by atoms with Crippen LogP contribution in [0.5, 0.6) is 0 Å². The van der Waals surface area contributed by atoms with Crippen molar-refractivity contribution < 1.29 is 4.39 Å². The number of nitrogens with one attached hydrogen (secondary N) is 1. The Morgan fingerprint density at radius 2 is 2.30 bits per heavy atom. The summed E-state index contributed by atoms with van der Waals surface area (Å²) in [5.74, 6) is -0.190. The monoisotopic (exact) mass is 269 g/mol. The summed E-state index contributed by atoms with van der Waals surface area (Å²) >= 11 is 6.37. The Morgan fingerprint density at radius 3 is 2.80 bits per heavy atom. The van der Waals surface area contributed by atoms with E-state index in [1.807, 2.05) is 0 Å². The highest BCUT2D eigenvalue weighted by molar-refractivity contribution is 9.09. The minimum atomic E-state index is -0.356. The quantitative estimate of drug-likeness (QED) is 0.570. The first-order chi connectivity index (χ1) is 4.74. The van der Waals surface area contributed by atoms with Crippen LogP contribution in [0, 0.1) is 0 Å². The molecule has 0 aliphatic carbocycles. The number of rotatable bonds is 1. The third-order valence-corrected chi connectivity index (χ3v) is 2.41. The highest BCUT2D eigenvalue weighted by Crippen LogP contribution is 2.17. The number of alkyl halides is 2. The zero-order valence-electron chi connectivity index (χ0n) is 5.07. The molecule has 1 nitrogen and oxygen atoms in total. The highest BCUT2D eigenvalue weighted by atomic mass is 79.9. The molecular weight excluding hydrogens is 265 g/mol. The van der Waals surface area contributed by atoms with E-state index in [2.05, 4.69) is 37.2 Å². The molecule has 0 aromatic carbocycles. The molecule has 1 rings (SSSR count). The molecule has 0 saturated carbocycles. The Bertz CT molecular complexity index is 188. The van der Waals surface area contributed by atoms with Gasteiger partial charge in [0.1, 0.15) is 10.8 Å². The first-order valence-corrected chi connectivity index (χ1v) is 4.80. The molecule has 0 saturated heterocycles. The lowest BCUT2D eigenvalue weighted by molar-refractivity contribution is 0.571. The van der Waals surface area contributed by atoms with Crippen molar-refractivity contribution in [1.29, 1.82) is 0 Å². The van der Waals surface area contributed by atoms with Crippen LogP contribution in [0.15, 0.2) is 23.7 Å². The Hall–Kier alpha value is 0.170. The molecule has 1 N–H and O–H groups in total. The van der Waals surface area contributed by atoms with Crippen molar-refractivity contribution in [2.45, 2.75) is 4.95 Å². The zero-order valence-corrected chi connectivity index (χ0v) is 8.25. The van der Waals surface area contributed by atoms with E-state index in [9.17, 15) is 4.39 Å². The van der Waals surface area contributed by atoms with Gasteiger partial charge in [-0.3, -0.25) is 0 Å². The SMILES string of the molecule is FC1=CC=C(CBr)NC1Br. The van der Waals surface area contributed by atoms with Gasteiger partial charge in [-0.05, 0) is 12.2 Å². The maximum absolute atomic E-state index is 12.6. The van der Waals surface area contributed by atoms with Gasteiger partial charge in [-0.1, -0.05) is 31.9 Å². The number of dihydropyridines is 1. The second kappa shape index (κ2) is 3.53. The van der Waals surface area contributed by atoms with Gasteiger partial charge in [-0.15, -0.1) is 0 Å². The first kappa shape index (κ1) is 8.27. The summed E-state index contributed by atoms with van der Waals surface area (Å²) in [5.41, 5.74) is 0.975. The van der Waals surface area contributed by atoms with Gasteiger partial charge in [0, 0.05) is 11.0 Å². The molecule has 0 aromatic rings. The molecule has 1 aliphatic heterocycles. The third-order valence-electron chi connectivity index (χ3n) is 1.14. The molecule has 0 spiro atoms. The lowest BCUT2D eigenvalue weighted by Gasteiger charge is -2.16. The second-order valence-corrected chi connectivity index (χ2v) is 3.36. The zero-order chi connectivity index (χ0) is 7.56. The second-order valence-electron chi connectivity index (χ2n) is 1.88. The minimum absolute atomic E-state index is 0.190. The minimum Gasteiger partial charge on any atom is -0.370 e. The Balaban J connectivity index is 2.68. The average molecular weight is 271 g/mol. The van der Waals surface area contributed by atoms with Gasteiger partial charge in [-0.2, -0.15) is 0 Å². The molecule has 1 heterocycles. The smallest absolute Gasteiger partial charge is 0.134 e. The van der Waals surface area contributed by atoms with E-state index in [1.165, 1.54) is 6.08 Å². The van der Waals surface area contributed by atoms with Crippen LogP contribution in [0.2, 0.25) is 0 Å². The van der Waals surface area contributed by atoms with Crippen molar-refractivity contribution in [3.63, 3.8) is 0 Å². The maximum atomic E-state index is 12.6. The summed E-state index contributed by atoms with van der Waals surface area (Å²) in [7, 11) is 0. The molecule has 10 heavy (non-hydrogen) atoms. The topological polar surface area (TPSA) is 12.0 Å². The van der Waals surface area contributed by atoms with E-state index in [0.717, 1.165) is 11.0 Å². The van der Waals surface area contributed by atoms with Gasteiger partial charge in [0.2, 0.25) is 0 Å². The summed E-state index contributed by atoms with van der Waals surface area (Å²) < 4.78 is 12.6. The van der Waals surface area contributed by atoms with Crippen LogP contribution in [0.3, 0.4) is 0 Å². The Kier molecular flexibility index (Phi) is 2.92. The summed E-state index contributed by atoms with van der Waals surface area (Å²) in [6, 6.07) is 0. The van der Waals surface area contributed by atoms with E-state index in [4.69, 9.17) is 0 Å². The number of hydrogen-bond donors (Lipinski definition) is 1. The van der Waals surface area contributed by atoms with E-state index in [-0.39, 0.29) is 10.8 Å². The lowest BCUT2D eigenvalue weighted by atomic mass is 10.3. The van der Waals surface area contributed by atoms with Gasteiger partial charge in [0.05, 0.1) is 0 Å². The van der Waals surface area contributed by atoms with E-state index >= 15 is 0 Å². The fourth-order valence-corrected chi connectivity index (χ4v) is 1.42. The molecule has 1 aliphatic rings. The molecule has 0 bridgehead atoms. The lowest BCUT2D eigenvalue weighted by Crippen LogP contribution is -2.26. The molecule has 0 amide bonds. The molecule has 1 unspecified atom stereocenters. The van der Waals surface area contributed by atoms with Crippen LogP contribution in [-0.4, -0.2) is 10.3 Å². The Labute approximate surface area is 75.6 Å². The van der Waals surface area contributed by atoms with Gasteiger partial charge >= 0.3 is 0 Å². The number of hydrogen-bond acceptors (Lipinski definition) is 1. The summed E-state index contributed by atoms with van der Waals surface area (Å²) in [6.07, 6.45) is 3.16. The summed E-state index contributed by atoms with van der Waals surface area (Å²) in [4.78, 5) is -0.356. The largest absolute Gasteiger partial charge is 0.370 e. The molecule has 0 radical (unpaired) electrons. The molecule has 56 valence electrons. The van der Waals surface area contributed by atoms with E-state index in [0.29, 0.717) is 0 Å². The molecule has 0 fully saturated rings. The van der Waals surface area contributed by atoms with Crippen LogP contribution in [0.1, 0.15) is 0 Å². The number of halogens is 3. The van der Waals surface area contributed by atoms with Gasteiger partial charge in [0.15, 0.2) is 0 Å². The highest BCUT2D eigenvalue weighted by Gasteiger charge is 2.13. The molecule has 1 atom stereocenters. The molecule has 4 heteroatoms. The summed E-state index contributed by atoms with van der Waals surface area (Å²) in [6.45, 7) is 0. The molecule has 0 aromatic heterocycles. The van der Waals surface area contributed by atoms with Gasteiger partial charge in [-0.25, -0.2) is 4.39 Å². The normalized spacial score (nSPS) is 24.9. The fraction of sp³-hybridized carbons (Fsp3) is 0.333. The third kappa shape index (κ3) is 1.83. The van der Waals surface area contributed by atoms with Crippen molar-refractivity contribution in [3.05, 3.63) is 23.7 Å². The van der Waals surface area contributed by atoms with Crippen LogP contribution < -0.4 is 5.32 Å². The number of allylic oxidation sites excluding steroid dienone is 3. The maximum Gasteiger partial charge on any atom is 0.134 e. The van der Waals surface area contributed by atoms with Crippen LogP contribution in [-0.2, 0) is 0 Å². The predicted octanol–water partition coefficient (Wildman–Crippen LogP) is 2.44. The average Bonchev–Trinajstić information content (AvgIpc) is 1.95. The van der Waals surface area contributed by atoms with Gasteiger partial charge < -0.3 is 5.32 Å². The van der Waals surface area contributed by atoms with Crippen molar-refractivity contribution in [1.82, 2.24) is 5.32 Å². The summed E-state index contributed by atoms with van der Waals surface area (Å²) in [5, 5.41) is 3.62. The van der Waals surface area contributed by atoms with Crippen LogP contribution >= 0.6 is 31.9 Å². The van der Waals surface area contributed by atoms with E-state index < -0.39 is 0 Å². The van der Waals surface area contributed by atoms with Crippen LogP contribution in [0.25, 0.3) is 0 Å². The predicted molar refractivity (Wildman–Crippen MR) is 46.9 cm³/mol. The molecular formula is C6H6Br2FN. The van der Waals surface area contributed by atoms with E-state index in [1.54, 1.807) is 6.08 Å². The van der Waals surface area contributed by atoms with Crippen molar-refractivity contribution >= 4 is 31.9 Å². The van der Waals surface area contributed by atoms with Crippen molar-refractivity contribution in [3.8, 4) is 0 Å². The van der Waals surface area contributed by atoms with Crippen LogP contribution in [0.4, 0.5) is 4.39 Å². The Morgan fingerprint density at radius 1 is 1.60 bits per heavy atom. The van der Waals surface area contributed by atoms with Gasteiger partial charge in [0.25, 0.3) is 0 Å². The first-order valence-electron chi connectivity index (χ1n) is 2.77. The standard InChI is InChI=1S/C6H6Br2FN/c7-3-4-1-2-5(9)6(8)10-4/h1-2,6,10H,3H2. The fourth-order valence-electron chi connectivity index (χ4n) is 0.628. The van der Waals surface area contributed by atoms with Crippen molar-refractivity contribution in [2.75, 3.05) is 5.33 Å².